The van der Waals surface area contributed by atoms with E-state index in [1.165, 1.54) is 12.8 Å². The molecule has 0 saturated carbocycles. The summed E-state index contributed by atoms with van der Waals surface area (Å²) < 4.78 is 0. The van der Waals surface area contributed by atoms with Crippen molar-refractivity contribution in [1.82, 2.24) is 4.90 Å². The molecular weight excluding hydrogens is 236 g/mol. The molecule has 1 aromatic carbocycles. The first-order valence-corrected chi connectivity index (χ1v) is 7.28. The SMILES string of the molecule is CC.Cc1cccc(NC(=O)C(C)N2CCCC2)c1. The van der Waals surface area contributed by atoms with Crippen LogP contribution in [0.4, 0.5) is 5.69 Å². The molecule has 3 nitrogen and oxygen atoms in total. The van der Waals surface area contributed by atoms with Crippen molar-refractivity contribution in [2.45, 2.75) is 46.6 Å². The quantitative estimate of drug-likeness (QED) is 0.905. The van der Waals surface area contributed by atoms with Crippen molar-refractivity contribution in [1.29, 1.82) is 0 Å². The zero-order valence-corrected chi connectivity index (χ0v) is 12.6. The van der Waals surface area contributed by atoms with E-state index >= 15 is 0 Å². The average molecular weight is 262 g/mol. The Hall–Kier alpha value is -1.35. The minimum absolute atomic E-state index is 0.0296. The highest BCUT2D eigenvalue weighted by molar-refractivity contribution is 5.94. The van der Waals surface area contributed by atoms with Crippen molar-refractivity contribution in [3.8, 4) is 0 Å². The van der Waals surface area contributed by atoms with E-state index in [4.69, 9.17) is 0 Å². The van der Waals surface area contributed by atoms with Gasteiger partial charge in [-0.3, -0.25) is 9.69 Å². The number of nitrogens with one attached hydrogen (secondary N) is 1. The Labute approximate surface area is 117 Å². The molecule has 1 amide bonds. The van der Waals surface area contributed by atoms with Crippen LogP contribution in [0.3, 0.4) is 0 Å². The maximum absolute atomic E-state index is 12.1. The Morgan fingerprint density at radius 2 is 1.89 bits per heavy atom. The normalized spacial score (nSPS) is 16.4. The Morgan fingerprint density at radius 1 is 1.26 bits per heavy atom. The molecule has 19 heavy (non-hydrogen) atoms. The Bertz CT molecular complexity index is 397. The van der Waals surface area contributed by atoms with E-state index in [-0.39, 0.29) is 11.9 Å². The van der Waals surface area contributed by atoms with Crippen LogP contribution in [-0.2, 0) is 4.79 Å². The molecule has 3 heteroatoms. The molecule has 1 heterocycles. The van der Waals surface area contributed by atoms with Gasteiger partial charge in [-0.15, -0.1) is 0 Å². The number of carbonyl (C=O) groups is 1. The molecule has 1 unspecified atom stereocenters. The number of carbonyl (C=O) groups excluding carboxylic acids is 1. The summed E-state index contributed by atoms with van der Waals surface area (Å²) in [5.41, 5.74) is 2.05. The van der Waals surface area contributed by atoms with Crippen LogP contribution in [-0.4, -0.2) is 29.9 Å². The fourth-order valence-electron chi connectivity index (χ4n) is 2.26. The molecule has 1 aliphatic rings. The summed E-state index contributed by atoms with van der Waals surface area (Å²) in [6, 6.07) is 7.89. The van der Waals surface area contributed by atoms with Gasteiger partial charge in [0.15, 0.2) is 0 Å². The monoisotopic (exact) mass is 262 g/mol. The van der Waals surface area contributed by atoms with Crippen molar-refractivity contribution in [3.05, 3.63) is 29.8 Å². The van der Waals surface area contributed by atoms with Crippen molar-refractivity contribution in [3.63, 3.8) is 0 Å². The number of nitrogens with zero attached hydrogens (tertiary/aromatic N) is 1. The topological polar surface area (TPSA) is 32.3 Å². The zero-order valence-electron chi connectivity index (χ0n) is 12.6. The van der Waals surface area contributed by atoms with E-state index in [1.54, 1.807) is 0 Å². The fourth-order valence-corrected chi connectivity index (χ4v) is 2.26. The zero-order chi connectivity index (χ0) is 14.3. The highest BCUT2D eigenvalue weighted by atomic mass is 16.2. The van der Waals surface area contributed by atoms with E-state index in [2.05, 4.69) is 10.2 Å². The average Bonchev–Trinajstić information content (AvgIpc) is 2.94. The Balaban J connectivity index is 0.000000861. The second kappa shape index (κ2) is 7.95. The highest BCUT2D eigenvalue weighted by Crippen LogP contribution is 2.14. The smallest absolute Gasteiger partial charge is 0.241 e. The van der Waals surface area contributed by atoms with Crippen molar-refractivity contribution < 1.29 is 4.79 Å². The summed E-state index contributed by atoms with van der Waals surface area (Å²) in [5, 5.41) is 2.98. The van der Waals surface area contributed by atoms with Crippen LogP contribution in [0, 0.1) is 6.92 Å². The third-order valence-corrected chi connectivity index (χ3v) is 3.35. The van der Waals surface area contributed by atoms with Crippen LogP contribution < -0.4 is 5.32 Å². The molecular formula is C16H26N2O. The number of anilines is 1. The largest absolute Gasteiger partial charge is 0.325 e. The van der Waals surface area contributed by atoms with Crippen molar-refractivity contribution in [2.75, 3.05) is 18.4 Å². The third kappa shape index (κ3) is 4.67. The van der Waals surface area contributed by atoms with Crippen LogP contribution in [0.2, 0.25) is 0 Å². The number of rotatable bonds is 3. The molecule has 1 saturated heterocycles. The number of aryl methyl sites for hydroxylation is 1. The van der Waals surface area contributed by atoms with E-state index < -0.39 is 0 Å². The van der Waals surface area contributed by atoms with Gasteiger partial charge in [-0.1, -0.05) is 26.0 Å². The molecule has 0 aromatic heterocycles. The van der Waals surface area contributed by atoms with Crippen LogP contribution in [0.1, 0.15) is 39.2 Å². The highest BCUT2D eigenvalue weighted by Gasteiger charge is 2.23. The van der Waals surface area contributed by atoms with Gasteiger partial charge in [-0.25, -0.2) is 0 Å². The predicted molar refractivity (Wildman–Crippen MR) is 81.4 cm³/mol. The molecule has 2 rings (SSSR count). The second-order valence-corrected chi connectivity index (χ2v) is 4.78. The maximum atomic E-state index is 12.1. The van der Waals surface area contributed by atoms with Gasteiger partial charge in [0.2, 0.25) is 5.91 Å². The standard InChI is InChI=1S/C14H20N2O.C2H6/c1-11-6-5-7-13(10-11)15-14(17)12(2)16-8-3-4-9-16;1-2/h5-7,10,12H,3-4,8-9H2,1-2H3,(H,15,17);1-2H3. The molecule has 1 atom stereocenters. The van der Waals surface area contributed by atoms with Gasteiger partial charge >= 0.3 is 0 Å². The Kier molecular flexibility index (Phi) is 6.57. The predicted octanol–water partition coefficient (Wildman–Crippen LogP) is 3.44. The van der Waals surface area contributed by atoms with Crippen molar-refractivity contribution >= 4 is 11.6 Å². The summed E-state index contributed by atoms with van der Waals surface area (Å²) in [6.45, 7) is 10.1. The van der Waals surface area contributed by atoms with Gasteiger partial charge in [-0.05, 0) is 57.5 Å². The van der Waals surface area contributed by atoms with Crippen LogP contribution in [0.5, 0.6) is 0 Å². The van der Waals surface area contributed by atoms with Gasteiger partial charge < -0.3 is 5.32 Å². The van der Waals surface area contributed by atoms with Crippen LogP contribution >= 0.6 is 0 Å². The lowest BCUT2D eigenvalue weighted by Gasteiger charge is -2.22. The summed E-state index contributed by atoms with van der Waals surface area (Å²) >= 11 is 0. The van der Waals surface area contributed by atoms with Gasteiger partial charge in [-0.2, -0.15) is 0 Å². The minimum atomic E-state index is -0.0296. The first-order valence-electron chi connectivity index (χ1n) is 7.28. The number of likely N-dealkylation sites (tertiary alicyclic amines) is 1. The Morgan fingerprint density at radius 3 is 2.47 bits per heavy atom. The number of hydrogen-bond donors (Lipinski definition) is 1. The van der Waals surface area contributed by atoms with E-state index in [0.717, 1.165) is 24.3 Å². The summed E-state index contributed by atoms with van der Waals surface area (Å²) in [4.78, 5) is 14.3. The van der Waals surface area contributed by atoms with Gasteiger partial charge in [0.05, 0.1) is 6.04 Å². The lowest BCUT2D eigenvalue weighted by molar-refractivity contribution is -0.120. The first kappa shape index (κ1) is 15.7. The van der Waals surface area contributed by atoms with Gasteiger partial charge in [0.25, 0.3) is 0 Å². The first-order chi connectivity index (χ1) is 9.16. The van der Waals surface area contributed by atoms with E-state index in [0.29, 0.717) is 0 Å². The minimum Gasteiger partial charge on any atom is -0.325 e. The lowest BCUT2D eigenvalue weighted by atomic mass is 10.2. The summed E-state index contributed by atoms with van der Waals surface area (Å²) in [7, 11) is 0. The second-order valence-electron chi connectivity index (χ2n) is 4.78. The lowest BCUT2D eigenvalue weighted by Crippen LogP contribution is -2.40. The van der Waals surface area contributed by atoms with E-state index in [9.17, 15) is 4.79 Å². The number of hydrogen-bond acceptors (Lipinski definition) is 2. The molecule has 0 radical (unpaired) electrons. The third-order valence-electron chi connectivity index (χ3n) is 3.35. The van der Waals surface area contributed by atoms with Gasteiger partial charge in [0.1, 0.15) is 0 Å². The van der Waals surface area contributed by atoms with Gasteiger partial charge in [0, 0.05) is 5.69 Å². The summed E-state index contributed by atoms with van der Waals surface area (Å²) in [6.07, 6.45) is 2.42. The van der Waals surface area contributed by atoms with Crippen LogP contribution in [0.15, 0.2) is 24.3 Å². The molecule has 1 aromatic rings. The molecule has 1 fully saturated rings. The molecule has 0 bridgehead atoms. The van der Waals surface area contributed by atoms with Crippen molar-refractivity contribution in [2.24, 2.45) is 0 Å². The summed E-state index contributed by atoms with van der Waals surface area (Å²) in [5.74, 6) is 0.0949. The van der Waals surface area contributed by atoms with Crippen LogP contribution in [0.25, 0.3) is 0 Å². The number of benzene rings is 1. The molecule has 106 valence electrons. The van der Waals surface area contributed by atoms with E-state index in [1.807, 2.05) is 52.0 Å². The molecule has 0 spiro atoms. The fraction of sp³-hybridized carbons (Fsp3) is 0.562. The maximum Gasteiger partial charge on any atom is 0.241 e. The molecule has 0 aliphatic carbocycles. The number of amides is 1. The molecule has 1 N–H and O–H groups in total. The molecule has 1 aliphatic heterocycles.